The molecule has 0 aromatic heterocycles. The molecule has 40 heavy (non-hydrogen) atoms. The highest BCUT2D eigenvalue weighted by Gasteiger charge is 2.31. The van der Waals surface area contributed by atoms with Crippen molar-refractivity contribution >= 4 is 5.97 Å². The number of hydrogen-bond acceptors (Lipinski definition) is 6. The highest BCUT2D eigenvalue weighted by Crippen LogP contribution is 2.44. The predicted octanol–water partition coefficient (Wildman–Crippen LogP) is 6.41. The Kier molecular flexibility index (Phi) is 13.9. The normalized spacial score (nSPS) is 24.7. The molecule has 0 saturated heterocycles. The van der Waals surface area contributed by atoms with Crippen LogP contribution in [-0.4, -0.2) is 54.0 Å². The Bertz CT molecular complexity index is 909. The topological polar surface area (TPSA) is 96.2 Å². The van der Waals surface area contributed by atoms with Crippen LogP contribution in [0.25, 0.3) is 0 Å². The molecule has 0 aliphatic heterocycles. The van der Waals surface area contributed by atoms with Gasteiger partial charge < -0.3 is 24.8 Å². The van der Waals surface area contributed by atoms with Crippen molar-refractivity contribution in [1.29, 1.82) is 0 Å². The molecule has 0 radical (unpaired) electrons. The van der Waals surface area contributed by atoms with E-state index in [0.717, 1.165) is 23.3 Å². The van der Waals surface area contributed by atoms with Gasteiger partial charge in [0.05, 0.1) is 25.4 Å². The van der Waals surface area contributed by atoms with Gasteiger partial charge >= 0.3 is 5.97 Å². The second-order valence-corrected chi connectivity index (χ2v) is 12.1. The maximum absolute atomic E-state index is 12.1. The van der Waals surface area contributed by atoms with Crippen LogP contribution in [0.5, 0.6) is 0 Å². The van der Waals surface area contributed by atoms with Crippen molar-refractivity contribution in [2.45, 2.75) is 102 Å². The Morgan fingerprint density at radius 3 is 2.10 bits per heavy atom. The van der Waals surface area contributed by atoms with Gasteiger partial charge in [0.1, 0.15) is 6.61 Å². The smallest absolute Gasteiger partial charge is 0.335 e. The molecule has 2 aliphatic carbocycles. The number of benzene rings is 1. The summed E-state index contributed by atoms with van der Waals surface area (Å²) in [5.41, 5.74) is 2.42. The van der Waals surface area contributed by atoms with Crippen LogP contribution in [0.1, 0.15) is 107 Å². The van der Waals surface area contributed by atoms with Crippen LogP contribution in [-0.2, 0) is 14.3 Å². The van der Waals surface area contributed by atoms with Gasteiger partial charge in [0.15, 0.2) is 6.29 Å². The monoisotopic (exact) mass is 556 g/mol. The average molecular weight is 557 g/mol. The molecular formula is C34H52O6. The molecular weight excluding hydrogens is 504 g/mol. The van der Waals surface area contributed by atoms with Gasteiger partial charge in [0, 0.05) is 11.5 Å². The molecule has 2 saturated carbocycles. The number of carbonyl (C=O) groups is 1. The standard InChI is InChI=1S/C34H52O6/c1-4-5-6-7-26-8-10-27(11-9-26)28-12-14-29(15-13-28)30-16-18-31(19-17-30)32(22-39-33(37)24(2)20-35)23-40-34(38)25(3)21-36/h16-19,26-29,32-33,35-37H,2-15,20-23H2,1H3. The zero-order valence-corrected chi connectivity index (χ0v) is 24.6. The summed E-state index contributed by atoms with van der Waals surface area (Å²) in [7, 11) is 0. The van der Waals surface area contributed by atoms with Gasteiger partial charge in [-0.15, -0.1) is 0 Å². The Morgan fingerprint density at radius 2 is 1.52 bits per heavy atom. The van der Waals surface area contributed by atoms with Crippen LogP contribution < -0.4 is 0 Å². The molecule has 0 heterocycles. The Balaban J connectivity index is 1.52. The van der Waals surface area contributed by atoms with Crippen LogP contribution in [0.15, 0.2) is 48.6 Å². The van der Waals surface area contributed by atoms with E-state index in [0.29, 0.717) is 5.92 Å². The maximum Gasteiger partial charge on any atom is 0.335 e. The molecule has 3 rings (SSSR count). The van der Waals surface area contributed by atoms with E-state index in [9.17, 15) is 15.0 Å². The number of esters is 1. The molecule has 224 valence electrons. The zero-order chi connectivity index (χ0) is 28.9. The molecule has 0 bridgehead atoms. The quantitative estimate of drug-likeness (QED) is 0.0716. The minimum Gasteiger partial charge on any atom is -0.462 e. The van der Waals surface area contributed by atoms with Gasteiger partial charge in [-0.1, -0.05) is 82.9 Å². The SMILES string of the molecule is C=C(CO)C(=O)OCC(COC(O)C(=C)CO)c1ccc(C2CCC(C3CCC(CCCCC)CC3)CC2)cc1. The number of aliphatic hydroxyl groups excluding tert-OH is 3. The van der Waals surface area contributed by atoms with E-state index in [1.165, 1.54) is 82.6 Å². The molecule has 0 spiro atoms. The van der Waals surface area contributed by atoms with Crippen LogP contribution in [0.2, 0.25) is 0 Å². The lowest BCUT2D eigenvalue weighted by atomic mass is 9.68. The number of hydrogen-bond donors (Lipinski definition) is 3. The van der Waals surface area contributed by atoms with Gasteiger partial charge in [0.25, 0.3) is 0 Å². The summed E-state index contributed by atoms with van der Waals surface area (Å²) in [5, 5.41) is 28.4. The molecule has 6 nitrogen and oxygen atoms in total. The first kappa shape index (κ1) is 32.5. The summed E-state index contributed by atoms with van der Waals surface area (Å²) in [6.07, 6.45) is 15.1. The average Bonchev–Trinajstić information content (AvgIpc) is 3.00. The minimum atomic E-state index is -1.30. The van der Waals surface area contributed by atoms with E-state index in [2.05, 4.69) is 44.3 Å². The third kappa shape index (κ3) is 9.83. The number of rotatable bonds is 16. The minimum absolute atomic E-state index is 0.0145. The van der Waals surface area contributed by atoms with Crippen molar-refractivity contribution in [3.8, 4) is 0 Å². The van der Waals surface area contributed by atoms with E-state index < -0.39 is 18.9 Å². The fraction of sp³-hybridized carbons (Fsp3) is 0.676. The first-order valence-corrected chi connectivity index (χ1v) is 15.5. The third-order valence-electron chi connectivity index (χ3n) is 9.33. The first-order chi connectivity index (χ1) is 19.4. The summed E-state index contributed by atoms with van der Waals surface area (Å²) >= 11 is 0. The van der Waals surface area contributed by atoms with Crippen molar-refractivity contribution in [2.24, 2.45) is 17.8 Å². The van der Waals surface area contributed by atoms with E-state index in [4.69, 9.17) is 14.6 Å². The number of unbranched alkanes of at least 4 members (excludes halogenated alkanes) is 2. The molecule has 1 aromatic carbocycles. The summed E-state index contributed by atoms with van der Waals surface area (Å²) in [4.78, 5) is 12.1. The van der Waals surface area contributed by atoms with Gasteiger partial charge in [0.2, 0.25) is 0 Å². The summed E-state index contributed by atoms with van der Waals surface area (Å²) in [6.45, 7) is 8.64. The van der Waals surface area contributed by atoms with E-state index >= 15 is 0 Å². The number of carbonyl (C=O) groups excluding carboxylic acids is 1. The molecule has 2 atom stereocenters. The molecule has 1 aromatic rings. The Labute approximate surface area is 241 Å². The largest absolute Gasteiger partial charge is 0.462 e. The van der Waals surface area contributed by atoms with E-state index in [1.54, 1.807) is 0 Å². The second-order valence-electron chi connectivity index (χ2n) is 12.1. The molecule has 2 aliphatic rings. The third-order valence-corrected chi connectivity index (χ3v) is 9.33. The van der Waals surface area contributed by atoms with E-state index in [-0.39, 0.29) is 36.9 Å². The predicted molar refractivity (Wildman–Crippen MR) is 159 cm³/mol. The summed E-state index contributed by atoms with van der Waals surface area (Å²) < 4.78 is 10.9. The van der Waals surface area contributed by atoms with Crippen molar-refractivity contribution in [1.82, 2.24) is 0 Å². The first-order valence-electron chi connectivity index (χ1n) is 15.5. The lowest BCUT2D eigenvalue weighted by Gasteiger charge is -2.38. The van der Waals surface area contributed by atoms with Gasteiger partial charge in [-0.05, 0) is 73.3 Å². The van der Waals surface area contributed by atoms with Crippen molar-refractivity contribution in [3.05, 3.63) is 59.7 Å². The highest BCUT2D eigenvalue weighted by atomic mass is 16.6. The van der Waals surface area contributed by atoms with Crippen LogP contribution in [0.4, 0.5) is 0 Å². The van der Waals surface area contributed by atoms with Crippen molar-refractivity contribution < 1.29 is 29.6 Å². The number of aliphatic hydroxyl groups is 3. The summed E-state index contributed by atoms with van der Waals surface area (Å²) in [6, 6.07) is 8.45. The maximum atomic E-state index is 12.1. The van der Waals surface area contributed by atoms with Gasteiger partial charge in [-0.25, -0.2) is 4.79 Å². The molecule has 6 heteroatoms. The zero-order valence-electron chi connectivity index (χ0n) is 24.6. The second kappa shape index (κ2) is 17.1. The van der Waals surface area contributed by atoms with Gasteiger partial charge in [-0.2, -0.15) is 0 Å². The van der Waals surface area contributed by atoms with Crippen LogP contribution >= 0.6 is 0 Å². The van der Waals surface area contributed by atoms with Crippen molar-refractivity contribution in [3.63, 3.8) is 0 Å². The lowest BCUT2D eigenvalue weighted by molar-refractivity contribution is -0.141. The van der Waals surface area contributed by atoms with Crippen LogP contribution in [0, 0.1) is 17.8 Å². The molecule has 3 N–H and O–H groups in total. The fourth-order valence-corrected chi connectivity index (χ4v) is 6.58. The molecule has 2 fully saturated rings. The van der Waals surface area contributed by atoms with Crippen molar-refractivity contribution in [2.75, 3.05) is 26.4 Å². The summed E-state index contributed by atoms with van der Waals surface area (Å²) in [5.74, 6) is 2.36. The fourth-order valence-electron chi connectivity index (χ4n) is 6.58. The highest BCUT2D eigenvalue weighted by molar-refractivity contribution is 5.87. The van der Waals surface area contributed by atoms with E-state index in [1.807, 2.05) is 0 Å². The Hall–Kier alpha value is -1.99. The number of ether oxygens (including phenoxy) is 2. The van der Waals surface area contributed by atoms with Crippen LogP contribution in [0.3, 0.4) is 0 Å². The molecule has 2 unspecified atom stereocenters. The Morgan fingerprint density at radius 1 is 0.900 bits per heavy atom. The van der Waals surface area contributed by atoms with Gasteiger partial charge in [-0.3, -0.25) is 0 Å². The molecule has 0 amide bonds. The lowest BCUT2D eigenvalue weighted by Crippen LogP contribution is -2.25.